The molecule has 3 aliphatic rings. The summed E-state index contributed by atoms with van der Waals surface area (Å²) in [5.74, 6) is 0.248. The number of nitrogens with zero attached hydrogens (tertiary/aromatic N) is 1. The predicted molar refractivity (Wildman–Crippen MR) is 154 cm³/mol. The molecule has 1 saturated carbocycles. The Morgan fingerprint density at radius 3 is 2.55 bits per heavy atom. The molecule has 226 valence electrons. The molecule has 0 saturated heterocycles. The minimum atomic E-state index is -1.14. The van der Waals surface area contributed by atoms with Crippen molar-refractivity contribution in [2.24, 2.45) is 5.92 Å². The highest BCUT2D eigenvalue weighted by Crippen LogP contribution is 2.51. The van der Waals surface area contributed by atoms with Crippen molar-refractivity contribution in [3.05, 3.63) is 64.7 Å². The first-order valence-electron chi connectivity index (χ1n) is 14.6. The van der Waals surface area contributed by atoms with Crippen molar-refractivity contribution >= 4 is 11.8 Å². The Morgan fingerprint density at radius 2 is 1.86 bits per heavy atom. The average molecular weight is 581 g/mol. The maximum atomic E-state index is 14.0. The number of methoxy groups -OCH3 is 2. The molecule has 1 aliphatic heterocycles. The minimum Gasteiger partial charge on any atom is -0.497 e. The average Bonchev–Trinajstić information content (AvgIpc) is 3.69. The number of carbonyl (C=O) groups excluding carboxylic acids is 2. The number of hydrogen-bond acceptors (Lipinski definition) is 8. The molecule has 2 aliphatic carbocycles. The van der Waals surface area contributed by atoms with E-state index in [0.717, 1.165) is 37.0 Å². The molecule has 2 aromatic rings. The van der Waals surface area contributed by atoms with E-state index in [1.54, 1.807) is 30.2 Å². The lowest BCUT2D eigenvalue weighted by molar-refractivity contribution is -0.141. The monoisotopic (exact) mass is 580 g/mol. The molecule has 0 bridgehead atoms. The molecule has 10 nitrogen and oxygen atoms in total. The molecule has 1 fully saturated rings. The zero-order valence-electron chi connectivity index (χ0n) is 24.1. The molecule has 0 radical (unpaired) electrons. The standard InChI is InChI=1S/C32H40N2O8/c1-40-22-9-5-6-19(14-22)10-12-34(32(39)21-7-3-4-8-21)25-17-24(31(38)33-11-13-35)27-23-15-20(18-36)16-26(41-2)29(23)42-30(27)28(25)37/h5-6,9,14-17,21,25,27-28,30,35-37H,3-4,7-8,10-13,18H2,1-2H3,(H,33,38)/t25-,27+,28+,30+/m1/s1. The summed E-state index contributed by atoms with van der Waals surface area (Å²) in [6.45, 7) is -0.0961. The topological polar surface area (TPSA) is 138 Å². The molecule has 0 aromatic heterocycles. The molecule has 1 heterocycles. The molecule has 4 N–H and O–H groups in total. The normalized spacial score (nSPS) is 22.9. The number of amides is 2. The van der Waals surface area contributed by atoms with E-state index in [4.69, 9.17) is 14.2 Å². The van der Waals surface area contributed by atoms with E-state index in [0.29, 0.717) is 41.2 Å². The van der Waals surface area contributed by atoms with Crippen LogP contribution in [0.1, 0.15) is 48.3 Å². The molecule has 10 heteroatoms. The first-order chi connectivity index (χ1) is 20.4. The highest BCUT2D eigenvalue weighted by atomic mass is 16.5. The molecular formula is C32H40N2O8. The van der Waals surface area contributed by atoms with Crippen molar-refractivity contribution in [1.82, 2.24) is 10.2 Å². The summed E-state index contributed by atoms with van der Waals surface area (Å²) in [5, 5.41) is 33.9. The van der Waals surface area contributed by atoms with Gasteiger partial charge in [0.25, 0.3) is 0 Å². The van der Waals surface area contributed by atoms with Gasteiger partial charge in [0.05, 0.1) is 39.4 Å². The van der Waals surface area contributed by atoms with Crippen LogP contribution in [0.25, 0.3) is 0 Å². The number of fused-ring (bicyclic) bond motifs is 3. The van der Waals surface area contributed by atoms with E-state index in [1.807, 2.05) is 24.3 Å². The highest BCUT2D eigenvalue weighted by molar-refractivity contribution is 5.96. The first-order valence-corrected chi connectivity index (χ1v) is 14.6. The summed E-state index contributed by atoms with van der Waals surface area (Å²) < 4.78 is 17.2. The second kappa shape index (κ2) is 13.1. The Balaban J connectivity index is 1.55. The summed E-state index contributed by atoms with van der Waals surface area (Å²) in [6, 6.07) is 10.3. The summed E-state index contributed by atoms with van der Waals surface area (Å²) in [6.07, 6.45) is 3.75. The van der Waals surface area contributed by atoms with E-state index in [2.05, 4.69) is 5.32 Å². The fourth-order valence-electron chi connectivity index (χ4n) is 6.51. The van der Waals surface area contributed by atoms with Crippen molar-refractivity contribution in [2.45, 2.75) is 62.9 Å². The van der Waals surface area contributed by atoms with Gasteiger partial charge in [0.1, 0.15) is 18.0 Å². The van der Waals surface area contributed by atoms with Crippen molar-refractivity contribution in [3.8, 4) is 17.2 Å². The van der Waals surface area contributed by atoms with Crippen LogP contribution in [0.2, 0.25) is 0 Å². The van der Waals surface area contributed by atoms with Crippen molar-refractivity contribution < 1.29 is 39.1 Å². The quantitative estimate of drug-likeness (QED) is 0.317. The van der Waals surface area contributed by atoms with Crippen LogP contribution in [0, 0.1) is 5.92 Å². The van der Waals surface area contributed by atoms with Gasteiger partial charge in [-0.25, -0.2) is 0 Å². The van der Waals surface area contributed by atoms with Gasteiger partial charge in [-0.05, 0) is 60.7 Å². The molecule has 0 unspecified atom stereocenters. The Morgan fingerprint density at radius 1 is 1.07 bits per heavy atom. The molecule has 5 rings (SSSR count). The number of aliphatic hydroxyl groups is 3. The predicted octanol–water partition coefficient (Wildman–Crippen LogP) is 2.08. The van der Waals surface area contributed by atoms with Gasteiger partial charge in [-0.1, -0.05) is 25.0 Å². The van der Waals surface area contributed by atoms with Crippen molar-refractivity contribution in [3.63, 3.8) is 0 Å². The Bertz CT molecular complexity index is 1320. The summed E-state index contributed by atoms with van der Waals surface area (Å²) in [7, 11) is 3.10. The lowest BCUT2D eigenvalue weighted by Gasteiger charge is -2.41. The van der Waals surface area contributed by atoms with Crippen LogP contribution in [0.4, 0.5) is 0 Å². The Kier molecular flexibility index (Phi) is 9.35. The van der Waals surface area contributed by atoms with Crippen molar-refractivity contribution in [1.29, 1.82) is 0 Å². The van der Waals surface area contributed by atoms with Gasteiger partial charge in [0.15, 0.2) is 11.5 Å². The summed E-state index contributed by atoms with van der Waals surface area (Å²) in [5.41, 5.74) is 2.52. The Hall–Kier alpha value is -3.60. The van der Waals surface area contributed by atoms with Gasteiger partial charge in [0, 0.05) is 30.1 Å². The summed E-state index contributed by atoms with van der Waals surface area (Å²) in [4.78, 5) is 29.3. The number of rotatable bonds is 11. The van der Waals surface area contributed by atoms with Crippen LogP contribution < -0.4 is 19.5 Å². The number of benzene rings is 2. The van der Waals surface area contributed by atoms with E-state index in [1.165, 1.54) is 7.11 Å². The van der Waals surface area contributed by atoms with Gasteiger partial charge >= 0.3 is 0 Å². The van der Waals surface area contributed by atoms with Crippen LogP contribution >= 0.6 is 0 Å². The molecule has 2 aromatic carbocycles. The van der Waals surface area contributed by atoms with E-state index in [9.17, 15) is 24.9 Å². The van der Waals surface area contributed by atoms with Gasteiger partial charge in [-0.3, -0.25) is 9.59 Å². The number of carbonyl (C=O) groups is 2. The number of aliphatic hydroxyl groups excluding tert-OH is 3. The highest BCUT2D eigenvalue weighted by Gasteiger charge is 2.51. The largest absolute Gasteiger partial charge is 0.497 e. The molecule has 2 amide bonds. The third kappa shape index (κ3) is 5.84. The van der Waals surface area contributed by atoms with Gasteiger partial charge < -0.3 is 39.7 Å². The van der Waals surface area contributed by atoms with Crippen LogP contribution in [0.5, 0.6) is 17.2 Å². The van der Waals surface area contributed by atoms with Crippen LogP contribution in [-0.2, 0) is 22.6 Å². The third-order valence-corrected chi connectivity index (χ3v) is 8.62. The lowest BCUT2D eigenvalue weighted by atomic mass is 9.77. The van der Waals surface area contributed by atoms with Crippen LogP contribution in [-0.4, -0.2) is 84.2 Å². The van der Waals surface area contributed by atoms with Crippen LogP contribution in [0.3, 0.4) is 0 Å². The molecule has 0 spiro atoms. The van der Waals surface area contributed by atoms with Gasteiger partial charge in [0.2, 0.25) is 11.8 Å². The maximum Gasteiger partial charge on any atom is 0.247 e. The van der Waals surface area contributed by atoms with Crippen LogP contribution in [0.15, 0.2) is 48.0 Å². The second-order valence-electron chi connectivity index (χ2n) is 11.1. The van der Waals surface area contributed by atoms with Crippen molar-refractivity contribution in [2.75, 3.05) is 33.9 Å². The van der Waals surface area contributed by atoms with E-state index in [-0.39, 0.29) is 31.6 Å². The SMILES string of the molecule is COc1cccc(CCN(C(=O)C2CCCC2)[C@@H]2C=C(C(=O)NCCO)[C@@H]3c4cc(CO)cc(OC)c4O[C@@H]3[C@H]2O)c1. The minimum absolute atomic E-state index is 0.0417. The molecular weight excluding hydrogens is 540 g/mol. The lowest BCUT2D eigenvalue weighted by Crippen LogP contribution is -2.57. The fraction of sp³-hybridized carbons (Fsp3) is 0.500. The van der Waals surface area contributed by atoms with Gasteiger partial charge in [-0.15, -0.1) is 0 Å². The zero-order chi connectivity index (χ0) is 29.8. The molecule has 4 atom stereocenters. The fourth-order valence-corrected chi connectivity index (χ4v) is 6.51. The number of nitrogens with one attached hydrogen (secondary N) is 1. The summed E-state index contributed by atoms with van der Waals surface area (Å²) >= 11 is 0. The Labute approximate surface area is 245 Å². The third-order valence-electron chi connectivity index (χ3n) is 8.62. The number of hydrogen-bond donors (Lipinski definition) is 4. The first kappa shape index (κ1) is 29.9. The zero-order valence-corrected chi connectivity index (χ0v) is 24.1. The van der Waals surface area contributed by atoms with Gasteiger partial charge in [-0.2, -0.15) is 0 Å². The smallest absolute Gasteiger partial charge is 0.247 e. The van der Waals surface area contributed by atoms with E-state index < -0.39 is 30.1 Å². The second-order valence-corrected chi connectivity index (χ2v) is 11.1. The maximum absolute atomic E-state index is 14.0. The number of ether oxygens (including phenoxy) is 3. The van der Waals surface area contributed by atoms with E-state index >= 15 is 0 Å². The molecule has 42 heavy (non-hydrogen) atoms.